The van der Waals surface area contributed by atoms with Gasteiger partial charge in [-0.05, 0) is 6.92 Å². The summed E-state index contributed by atoms with van der Waals surface area (Å²) in [5, 5.41) is 20.2. The van der Waals surface area contributed by atoms with E-state index in [-0.39, 0.29) is 59.1 Å². The number of aliphatic carboxylic acids is 2. The quantitative estimate of drug-likeness (QED) is 0.218. The van der Waals surface area contributed by atoms with E-state index in [1.807, 2.05) is 0 Å². The van der Waals surface area contributed by atoms with E-state index in [1.165, 1.54) is 57.8 Å². The minimum absolute atomic E-state index is 0. The third kappa shape index (κ3) is 44.1. The van der Waals surface area contributed by atoms with Crippen molar-refractivity contribution >= 4 is 18.3 Å². The van der Waals surface area contributed by atoms with Crippen LogP contribution in [0.4, 0.5) is 0 Å². The molecule has 1 rings (SSSR count). The van der Waals surface area contributed by atoms with Crippen LogP contribution >= 0.6 is 0 Å². The number of hydrogen-bond acceptors (Lipinski definition) is 5. The molecule has 0 unspecified atom stereocenters. The van der Waals surface area contributed by atoms with Crippen molar-refractivity contribution in [3.8, 4) is 0 Å². The molecule has 0 saturated carbocycles. The number of nitrogens with one attached hydrogen (secondary N) is 1. The van der Waals surface area contributed by atoms with Gasteiger partial charge in [-0.1, -0.05) is 64.7 Å². The summed E-state index contributed by atoms with van der Waals surface area (Å²) in [4.78, 5) is 22.9. The molecule has 1 heterocycles. The largest absolute Gasteiger partial charge is 1.00 e. The standard InChI is InChI=1S/C13H25O2.C3H6N2.C2H4O2.2Na/c1-2-3-4-5-6-7-8-9-10-11-12-13(14)15;1-2-5-3-4-1;1-2(3)4;;/h12H,2-11H2,1H3,(H,14,15);3H,1-2H2,(H,4,5);1H3,(H,3,4);;/q-1;;;2*+1/p-1. The first-order chi connectivity index (χ1) is 11.5. The van der Waals surface area contributed by atoms with E-state index >= 15 is 0 Å². The van der Waals surface area contributed by atoms with E-state index in [0.29, 0.717) is 0 Å². The van der Waals surface area contributed by atoms with Crippen molar-refractivity contribution in [3.63, 3.8) is 0 Å². The second-order valence-electron chi connectivity index (χ2n) is 5.64. The van der Waals surface area contributed by atoms with E-state index in [2.05, 4.69) is 17.2 Å². The molecule has 26 heavy (non-hydrogen) atoms. The maximum atomic E-state index is 10.2. The van der Waals surface area contributed by atoms with E-state index < -0.39 is 11.9 Å². The number of carboxylic acid groups (broad SMARTS) is 2. The van der Waals surface area contributed by atoms with Crippen LogP contribution in [0.15, 0.2) is 4.99 Å². The van der Waals surface area contributed by atoms with E-state index in [9.17, 15) is 4.79 Å². The summed E-state index contributed by atoms with van der Waals surface area (Å²) in [6.45, 7) is 5.19. The van der Waals surface area contributed by atoms with Gasteiger partial charge in [0, 0.05) is 12.5 Å². The summed E-state index contributed by atoms with van der Waals surface area (Å²) in [7, 11) is 0. The Morgan fingerprint density at radius 1 is 1.08 bits per heavy atom. The maximum absolute atomic E-state index is 10.2. The molecule has 1 aliphatic rings. The Balaban J connectivity index is -0.000000181. The van der Waals surface area contributed by atoms with E-state index in [4.69, 9.17) is 15.0 Å². The molecule has 1 aliphatic heterocycles. The molecule has 0 aromatic carbocycles. The van der Waals surface area contributed by atoms with Crippen LogP contribution in [0.2, 0.25) is 0 Å². The zero-order chi connectivity index (χ0) is 18.5. The molecular weight excluding hydrogens is 354 g/mol. The number of unbranched alkanes of at least 4 members (excludes halogenated alkanes) is 9. The molecule has 0 aromatic heterocycles. The summed E-state index contributed by atoms with van der Waals surface area (Å²) in [5.74, 6) is -1.87. The molecule has 2 N–H and O–H groups in total. The Kier molecular flexibility index (Phi) is 39.1. The molecule has 142 valence electrons. The number of hydrogen-bond donors (Lipinski definition) is 2. The van der Waals surface area contributed by atoms with Crippen molar-refractivity contribution < 1.29 is 78.9 Å². The van der Waals surface area contributed by atoms with Crippen LogP contribution in [0.1, 0.15) is 78.1 Å². The summed E-state index contributed by atoms with van der Waals surface area (Å²) >= 11 is 0. The Bertz CT molecular complexity index is 320. The van der Waals surface area contributed by atoms with Gasteiger partial charge in [-0.25, -0.2) is 0 Å². The number of rotatable bonds is 11. The van der Waals surface area contributed by atoms with Gasteiger partial charge in [0.1, 0.15) is 0 Å². The van der Waals surface area contributed by atoms with Crippen LogP contribution in [0.5, 0.6) is 0 Å². The van der Waals surface area contributed by atoms with Gasteiger partial charge in [0.05, 0.1) is 12.9 Å². The van der Waals surface area contributed by atoms with Crippen molar-refractivity contribution in [2.75, 3.05) is 13.1 Å². The zero-order valence-corrected chi connectivity index (χ0v) is 21.3. The fourth-order valence-corrected chi connectivity index (χ4v) is 2.00. The fourth-order valence-electron chi connectivity index (χ4n) is 2.00. The van der Waals surface area contributed by atoms with Crippen LogP contribution in [-0.2, 0) is 9.59 Å². The average molecular weight is 388 g/mol. The van der Waals surface area contributed by atoms with Crippen LogP contribution in [0.25, 0.3) is 0 Å². The molecule has 0 spiro atoms. The third-order valence-electron chi connectivity index (χ3n) is 3.19. The van der Waals surface area contributed by atoms with Gasteiger partial charge >= 0.3 is 59.1 Å². The van der Waals surface area contributed by atoms with Crippen molar-refractivity contribution in [3.05, 3.63) is 6.42 Å². The summed E-state index contributed by atoms with van der Waals surface area (Å²) in [6.07, 6.45) is 15.4. The SMILES string of the molecule is C1=NCCN1.CC(=O)[O-].CCCCCCCCCCC[CH-]C(=O)O.[Na+].[Na+]. The van der Waals surface area contributed by atoms with Crippen molar-refractivity contribution in [1.82, 2.24) is 5.32 Å². The van der Waals surface area contributed by atoms with Gasteiger partial charge in [0.25, 0.3) is 0 Å². The molecule has 0 fully saturated rings. The molecule has 0 radical (unpaired) electrons. The summed E-state index contributed by atoms with van der Waals surface area (Å²) in [5.41, 5.74) is 0. The second kappa shape index (κ2) is 30.0. The topological polar surface area (TPSA) is 102 Å². The minimum Gasteiger partial charge on any atom is -0.550 e. The smallest absolute Gasteiger partial charge is 0.550 e. The van der Waals surface area contributed by atoms with Crippen molar-refractivity contribution in [2.24, 2.45) is 4.99 Å². The van der Waals surface area contributed by atoms with Gasteiger partial charge in [0.15, 0.2) is 5.97 Å². The van der Waals surface area contributed by atoms with Gasteiger partial charge in [-0.3, -0.25) is 16.2 Å². The van der Waals surface area contributed by atoms with Crippen LogP contribution < -0.4 is 69.5 Å². The van der Waals surface area contributed by atoms with Gasteiger partial charge in [-0.2, -0.15) is 6.42 Å². The van der Waals surface area contributed by atoms with Gasteiger partial charge < -0.3 is 20.3 Å². The first-order valence-electron chi connectivity index (χ1n) is 8.96. The zero-order valence-electron chi connectivity index (χ0n) is 17.3. The third-order valence-corrected chi connectivity index (χ3v) is 3.19. The Hall–Kier alpha value is 0.280. The normalized spacial score (nSPS) is 10.5. The second-order valence-corrected chi connectivity index (χ2v) is 5.64. The number of nitrogens with zero attached hydrogens (tertiary/aromatic N) is 1. The molecule has 0 saturated heterocycles. The molecule has 0 atom stereocenters. The Morgan fingerprint density at radius 2 is 1.54 bits per heavy atom. The number of carbonyl (C=O) groups excluding carboxylic acids is 1. The van der Waals surface area contributed by atoms with Crippen LogP contribution in [-0.4, -0.2) is 36.5 Å². The van der Waals surface area contributed by atoms with Crippen LogP contribution in [0.3, 0.4) is 0 Å². The summed E-state index contributed by atoms with van der Waals surface area (Å²) in [6, 6.07) is 0. The van der Waals surface area contributed by atoms with Crippen molar-refractivity contribution in [2.45, 2.75) is 78.1 Å². The molecular formula is C18H34N2Na2O4. The van der Waals surface area contributed by atoms with E-state index in [0.717, 1.165) is 32.9 Å². The van der Waals surface area contributed by atoms with Gasteiger partial charge in [0.2, 0.25) is 0 Å². The Labute approximate surface area is 203 Å². The van der Waals surface area contributed by atoms with Gasteiger partial charge in [-0.15, -0.1) is 0 Å². The number of carbonyl (C=O) groups is 2. The monoisotopic (exact) mass is 388 g/mol. The summed E-state index contributed by atoms with van der Waals surface area (Å²) < 4.78 is 0. The molecule has 0 aliphatic carbocycles. The first-order valence-corrected chi connectivity index (χ1v) is 8.96. The number of carboxylic acids is 2. The van der Waals surface area contributed by atoms with Crippen LogP contribution in [0, 0.1) is 6.42 Å². The first kappa shape index (κ1) is 33.8. The molecule has 0 aromatic rings. The fraction of sp³-hybridized carbons (Fsp3) is 0.778. The average Bonchev–Trinajstić information content (AvgIpc) is 3.08. The minimum atomic E-state index is -1.08. The molecule has 0 amide bonds. The molecule has 0 bridgehead atoms. The molecule has 8 heteroatoms. The predicted molar refractivity (Wildman–Crippen MR) is 95.8 cm³/mol. The Morgan fingerprint density at radius 3 is 1.85 bits per heavy atom. The maximum Gasteiger partial charge on any atom is 1.00 e. The number of aliphatic imine (C=N–C) groups is 1. The van der Waals surface area contributed by atoms with Crippen molar-refractivity contribution in [1.29, 1.82) is 0 Å². The van der Waals surface area contributed by atoms with E-state index in [1.54, 1.807) is 6.34 Å². The molecule has 6 nitrogen and oxygen atoms in total. The predicted octanol–water partition coefficient (Wildman–Crippen LogP) is -3.42.